The number of ether oxygens (including phenoxy) is 1. The zero-order valence-electron chi connectivity index (χ0n) is 14.9. The predicted octanol–water partition coefficient (Wildman–Crippen LogP) is 4.24. The van der Waals surface area contributed by atoms with Gasteiger partial charge in [-0.25, -0.2) is 4.79 Å². The Morgan fingerprint density at radius 3 is 1.90 bits per heavy atom. The lowest BCUT2D eigenvalue weighted by Gasteiger charge is -2.18. The van der Waals surface area contributed by atoms with Crippen molar-refractivity contribution in [2.24, 2.45) is 0 Å². The van der Waals surface area contributed by atoms with Gasteiger partial charge in [0.15, 0.2) is 0 Å². The molecule has 1 atom stereocenters. The molecule has 0 unspecified atom stereocenters. The summed E-state index contributed by atoms with van der Waals surface area (Å²) in [7, 11) is 1.04. The summed E-state index contributed by atoms with van der Waals surface area (Å²) in [4.78, 5) is 24.3. The Morgan fingerprint density at radius 1 is 0.931 bits per heavy atom. The van der Waals surface area contributed by atoms with Crippen LogP contribution in [0.5, 0.6) is 0 Å². The van der Waals surface area contributed by atoms with E-state index in [2.05, 4.69) is 10.1 Å². The fourth-order valence-electron chi connectivity index (χ4n) is 2.51. The van der Waals surface area contributed by atoms with Gasteiger partial charge in [0.05, 0.1) is 18.2 Å². The molecule has 10 heteroatoms. The Hall–Kier alpha value is -3.04. The van der Waals surface area contributed by atoms with Gasteiger partial charge in [-0.1, -0.05) is 30.3 Å². The van der Waals surface area contributed by atoms with E-state index in [4.69, 9.17) is 0 Å². The van der Waals surface area contributed by atoms with Crippen LogP contribution in [-0.4, -0.2) is 25.0 Å². The highest BCUT2D eigenvalue weighted by Crippen LogP contribution is 2.36. The largest absolute Gasteiger partial charge is 0.467 e. The van der Waals surface area contributed by atoms with Gasteiger partial charge < -0.3 is 10.1 Å². The lowest BCUT2D eigenvalue weighted by molar-refractivity contribution is -0.144. The van der Waals surface area contributed by atoms with E-state index < -0.39 is 47.0 Å². The molecule has 0 aromatic heterocycles. The first kappa shape index (κ1) is 22.3. The molecule has 156 valence electrons. The second-order valence-corrected chi connectivity index (χ2v) is 6.03. The van der Waals surface area contributed by atoms with Crippen LogP contribution in [0.15, 0.2) is 48.5 Å². The maximum atomic E-state index is 13.0. The molecule has 1 amide bonds. The Kier molecular flexibility index (Phi) is 6.55. The van der Waals surface area contributed by atoms with Gasteiger partial charge in [0, 0.05) is 12.0 Å². The number of benzene rings is 2. The Morgan fingerprint density at radius 2 is 1.45 bits per heavy atom. The van der Waals surface area contributed by atoms with E-state index in [-0.39, 0.29) is 12.5 Å². The third kappa shape index (κ3) is 5.97. The van der Waals surface area contributed by atoms with Crippen LogP contribution < -0.4 is 5.32 Å². The second-order valence-electron chi connectivity index (χ2n) is 6.03. The number of nitrogens with one attached hydrogen (secondary N) is 1. The predicted molar refractivity (Wildman–Crippen MR) is 89.9 cm³/mol. The van der Waals surface area contributed by atoms with Gasteiger partial charge in [-0.2, -0.15) is 26.3 Å². The third-order valence-electron chi connectivity index (χ3n) is 3.92. The summed E-state index contributed by atoms with van der Waals surface area (Å²) in [5.74, 6) is -2.17. The number of alkyl halides is 6. The fourth-order valence-corrected chi connectivity index (χ4v) is 2.51. The zero-order valence-corrected chi connectivity index (χ0v) is 14.9. The van der Waals surface area contributed by atoms with Crippen molar-refractivity contribution in [1.82, 2.24) is 5.32 Å². The third-order valence-corrected chi connectivity index (χ3v) is 3.92. The van der Waals surface area contributed by atoms with Crippen molar-refractivity contribution in [3.05, 3.63) is 70.8 Å². The molecular weight excluding hydrogens is 404 g/mol. The number of rotatable bonds is 5. The zero-order chi connectivity index (χ0) is 21.8. The minimum Gasteiger partial charge on any atom is -0.467 e. The van der Waals surface area contributed by atoms with Crippen LogP contribution in [0.25, 0.3) is 0 Å². The molecule has 0 heterocycles. The first-order valence-corrected chi connectivity index (χ1v) is 8.14. The van der Waals surface area contributed by atoms with E-state index in [1.165, 1.54) is 0 Å². The summed E-state index contributed by atoms with van der Waals surface area (Å²) in [5.41, 5.74) is -3.54. The maximum Gasteiger partial charge on any atom is 0.416 e. The lowest BCUT2D eigenvalue weighted by atomic mass is 10.0. The van der Waals surface area contributed by atoms with Gasteiger partial charge in [-0.3, -0.25) is 4.79 Å². The Labute approximate surface area is 161 Å². The van der Waals surface area contributed by atoms with Crippen LogP contribution in [0, 0.1) is 0 Å². The van der Waals surface area contributed by atoms with E-state index >= 15 is 0 Å². The molecule has 0 saturated carbocycles. The topological polar surface area (TPSA) is 55.4 Å². The molecule has 1 N–H and O–H groups in total. The van der Waals surface area contributed by atoms with Crippen molar-refractivity contribution >= 4 is 11.9 Å². The first-order valence-electron chi connectivity index (χ1n) is 8.14. The molecule has 2 rings (SSSR count). The molecule has 2 aromatic carbocycles. The van der Waals surface area contributed by atoms with Gasteiger partial charge in [-0.15, -0.1) is 0 Å². The van der Waals surface area contributed by atoms with Crippen LogP contribution in [0.3, 0.4) is 0 Å². The molecule has 2 aromatic rings. The fraction of sp³-hybridized carbons (Fsp3) is 0.263. The maximum absolute atomic E-state index is 13.0. The molecule has 0 bridgehead atoms. The van der Waals surface area contributed by atoms with E-state index in [1.54, 1.807) is 30.3 Å². The summed E-state index contributed by atoms with van der Waals surface area (Å²) >= 11 is 0. The van der Waals surface area contributed by atoms with Gasteiger partial charge in [-0.05, 0) is 23.8 Å². The molecular formula is C19H15F6NO3. The van der Waals surface area contributed by atoms with Crippen molar-refractivity contribution in [2.75, 3.05) is 7.11 Å². The van der Waals surface area contributed by atoms with Crippen molar-refractivity contribution in [3.63, 3.8) is 0 Å². The summed E-state index contributed by atoms with van der Waals surface area (Å²) in [6.07, 6.45) is -10.3. The molecule has 0 aliphatic heterocycles. The first-order chi connectivity index (χ1) is 13.4. The van der Waals surface area contributed by atoms with Crippen LogP contribution >= 0.6 is 0 Å². The van der Waals surface area contributed by atoms with E-state index in [0.29, 0.717) is 17.7 Å². The number of carbonyl (C=O) groups is 2. The van der Waals surface area contributed by atoms with Gasteiger partial charge in [0.25, 0.3) is 5.91 Å². The van der Waals surface area contributed by atoms with Crippen LogP contribution in [0.4, 0.5) is 26.3 Å². The monoisotopic (exact) mass is 419 g/mol. The SMILES string of the molecule is COC(=O)[C@H](Cc1ccccc1)NC(=O)c1cc(C(F)(F)F)cc(C(F)(F)F)c1. The van der Waals surface area contributed by atoms with Crippen LogP contribution in [-0.2, 0) is 28.3 Å². The number of esters is 1. The number of hydrogen-bond acceptors (Lipinski definition) is 3. The summed E-state index contributed by atoms with van der Waals surface area (Å²) in [6.45, 7) is 0. The number of halogens is 6. The molecule has 4 nitrogen and oxygen atoms in total. The molecule has 0 aliphatic rings. The van der Waals surface area contributed by atoms with E-state index in [1.807, 2.05) is 0 Å². The normalized spacial score (nSPS) is 12.9. The van der Waals surface area contributed by atoms with Crippen molar-refractivity contribution in [1.29, 1.82) is 0 Å². The molecule has 0 saturated heterocycles. The van der Waals surface area contributed by atoms with Crippen LogP contribution in [0.1, 0.15) is 27.0 Å². The minimum atomic E-state index is -5.10. The highest BCUT2D eigenvalue weighted by atomic mass is 19.4. The Balaban J connectivity index is 2.36. The highest BCUT2D eigenvalue weighted by Gasteiger charge is 2.37. The van der Waals surface area contributed by atoms with Gasteiger partial charge in [0.1, 0.15) is 6.04 Å². The van der Waals surface area contributed by atoms with Crippen molar-refractivity contribution in [3.8, 4) is 0 Å². The average molecular weight is 419 g/mol. The molecule has 29 heavy (non-hydrogen) atoms. The average Bonchev–Trinajstić information content (AvgIpc) is 2.65. The molecule has 0 aliphatic carbocycles. The van der Waals surface area contributed by atoms with E-state index in [0.717, 1.165) is 7.11 Å². The quantitative estimate of drug-likeness (QED) is 0.583. The van der Waals surface area contributed by atoms with Crippen molar-refractivity contribution in [2.45, 2.75) is 24.8 Å². The molecule has 0 radical (unpaired) electrons. The lowest BCUT2D eigenvalue weighted by Crippen LogP contribution is -2.43. The van der Waals surface area contributed by atoms with E-state index in [9.17, 15) is 35.9 Å². The standard InChI is InChI=1S/C19H15F6NO3/c1-29-17(28)15(7-11-5-3-2-4-6-11)26-16(27)12-8-13(18(20,21)22)10-14(9-12)19(23,24)25/h2-6,8-10,15H,7H2,1H3,(H,26,27)/t15-/m0/s1. The molecule has 0 fully saturated rings. The van der Waals surface area contributed by atoms with Gasteiger partial charge in [0.2, 0.25) is 0 Å². The minimum absolute atomic E-state index is 0.0651. The van der Waals surface area contributed by atoms with Gasteiger partial charge >= 0.3 is 18.3 Å². The highest BCUT2D eigenvalue weighted by molar-refractivity contribution is 5.97. The number of carbonyl (C=O) groups excluding carboxylic acids is 2. The molecule has 0 spiro atoms. The Bertz CT molecular complexity index is 845. The smallest absolute Gasteiger partial charge is 0.416 e. The summed E-state index contributed by atoms with van der Waals surface area (Å²) in [6, 6.07) is 7.49. The summed E-state index contributed by atoms with van der Waals surface area (Å²) < 4.78 is 82.3. The number of methoxy groups -OCH3 is 1. The number of amides is 1. The van der Waals surface area contributed by atoms with Crippen molar-refractivity contribution < 1.29 is 40.7 Å². The summed E-state index contributed by atoms with van der Waals surface area (Å²) in [5, 5.41) is 2.14. The van der Waals surface area contributed by atoms with Crippen LogP contribution in [0.2, 0.25) is 0 Å². The number of hydrogen-bond donors (Lipinski definition) is 1. The second kappa shape index (κ2) is 8.54.